The molecule has 0 bridgehead atoms. The molecule has 0 atom stereocenters. The lowest BCUT2D eigenvalue weighted by Gasteiger charge is -2.38. The topological polar surface area (TPSA) is 79.7 Å². The average Bonchev–Trinajstić information content (AvgIpc) is 3.21. The second-order valence-electron chi connectivity index (χ2n) is 9.16. The summed E-state index contributed by atoms with van der Waals surface area (Å²) in [6.45, 7) is 5.04. The van der Waals surface area contributed by atoms with Gasteiger partial charge in [-0.05, 0) is 69.3 Å². The molecule has 2 aliphatic rings. The Morgan fingerprint density at radius 3 is 2.29 bits per heavy atom. The predicted octanol–water partition coefficient (Wildman–Crippen LogP) is 3.28. The van der Waals surface area contributed by atoms with Gasteiger partial charge in [0.15, 0.2) is 5.78 Å². The van der Waals surface area contributed by atoms with Crippen LogP contribution in [0.4, 0.5) is 11.5 Å². The number of nitrogens with zero attached hydrogens (tertiary/aromatic N) is 4. The summed E-state index contributed by atoms with van der Waals surface area (Å²) >= 11 is 0. The van der Waals surface area contributed by atoms with Crippen LogP contribution < -0.4 is 15.1 Å². The van der Waals surface area contributed by atoms with Crippen LogP contribution in [0.1, 0.15) is 46.7 Å². The minimum Gasteiger partial charge on any atom is -0.464 e. The van der Waals surface area contributed by atoms with E-state index in [9.17, 15) is 9.59 Å². The number of nitrogens with one attached hydrogen (secondary N) is 1. The molecule has 1 N–H and O–H groups in total. The SMILES string of the molecule is CN[C@H]1C[C@H](n2c(C(=O)OC)cc3ccc(N4CCN(c5ccc(C(C)=O)cc5)CC4)nc32)C1. The number of carbonyl (C=O) groups is 2. The first-order valence-corrected chi connectivity index (χ1v) is 11.9. The third-order valence-corrected chi connectivity index (χ3v) is 7.19. The van der Waals surface area contributed by atoms with Gasteiger partial charge in [0.1, 0.15) is 17.2 Å². The van der Waals surface area contributed by atoms with Crippen molar-refractivity contribution in [2.24, 2.45) is 0 Å². The summed E-state index contributed by atoms with van der Waals surface area (Å²) in [6.07, 6.45) is 1.94. The molecule has 1 saturated carbocycles. The van der Waals surface area contributed by atoms with Crippen molar-refractivity contribution in [3.63, 3.8) is 0 Å². The number of benzene rings is 1. The number of Topliss-reactive ketones (excluding diaryl/α,β-unsaturated/α-hetero) is 1. The lowest BCUT2D eigenvalue weighted by Crippen LogP contribution is -2.46. The fraction of sp³-hybridized carbons (Fsp3) is 0.423. The van der Waals surface area contributed by atoms with Crippen molar-refractivity contribution in [1.29, 1.82) is 0 Å². The quantitative estimate of drug-likeness (QED) is 0.446. The van der Waals surface area contributed by atoms with E-state index in [1.807, 2.05) is 43.4 Å². The Bertz CT molecular complexity index is 1210. The fourth-order valence-corrected chi connectivity index (χ4v) is 5.03. The Labute approximate surface area is 199 Å². The second-order valence-corrected chi connectivity index (χ2v) is 9.16. The molecule has 2 fully saturated rings. The second kappa shape index (κ2) is 9.10. The van der Waals surface area contributed by atoms with Crippen LogP contribution in [0.15, 0.2) is 42.5 Å². The molecule has 0 amide bonds. The number of anilines is 2. The molecule has 1 aromatic carbocycles. The van der Waals surface area contributed by atoms with E-state index in [-0.39, 0.29) is 17.8 Å². The number of piperazine rings is 1. The molecule has 1 saturated heterocycles. The number of ether oxygens (including phenoxy) is 1. The molecule has 2 aromatic heterocycles. The Morgan fingerprint density at radius 2 is 1.68 bits per heavy atom. The van der Waals surface area contributed by atoms with E-state index < -0.39 is 0 Å². The van der Waals surface area contributed by atoms with Crippen molar-refractivity contribution in [2.75, 3.05) is 50.1 Å². The van der Waals surface area contributed by atoms with Crippen LogP contribution in [0.3, 0.4) is 0 Å². The molecule has 0 radical (unpaired) electrons. The number of methoxy groups -OCH3 is 1. The average molecular weight is 462 g/mol. The Balaban J connectivity index is 1.36. The molecule has 34 heavy (non-hydrogen) atoms. The summed E-state index contributed by atoms with van der Waals surface area (Å²) in [5, 5.41) is 4.27. The summed E-state index contributed by atoms with van der Waals surface area (Å²) < 4.78 is 7.14. The Hall–Kier alpha value is -3.39. The van der Waals surface area contributed by atoms with Crippen molar-refractivity contribution in [1.82, 2.24) is 14.9 Å². The van der Waals surface area contributed by atoms with Gasteiger partial charge in [-0.25, -0.2) is 9.78 Å². The first kappa shape index (κ1) is 22.4. The van der Waals surface area contributed by atoms with Gasteiger partial charge in [0, 0.05) is 54.9 Å². The summed E-state index contributed by atoms with van der Waals surface area (Å²) in [4.78, 5) is 33.7. The molecular weight excluding hydrogens is 430 g/mol. The zero-order valence-electron chi connectivity index (χ0n) is 20.0. The van der Waals surface area contributed by atoms with Crippen molar-refractivity contribution < 1.29 is 14.3 Å². The molecule has 8 nitrogen and oxygen atoms in total. The van der Waals surface area contributed by atoms with Gasteiger partial charge in [-0.3, -0.25) is 4.79 Å². The highest BCUT2D eigenvalue weighted by molar-refractivity contribution is 5.95. The number of aromatic nitrogens is 2. The first-order valence-electron chi connectivity index (χ1n) is 11.9. The van der Waals surface area contributed by atoms with Crippen molar-refractivity contribution >= 4 is 34.3 Å². The van der Waals surface area contributed by atoms with Gasteiger partial charge in [-0.1, -0.05) is 0 Å². The Morgan fingerprint density at radius 1 is 1.00 bits per heavy atom. The third kappa shape index (κ3) is 4.03. The first-order chi connectivity index (χ1) is 16.5. The molecular formula is C26H31N5O3. The Kier molecular flexibility index (Phi) is 6.00. The number of pyridine rings is 1. The largest absolute Gasteiger partial charge is 0.464 e. The van der Waals surface area contributed by atoms with E-state index in [2.05, 4.69) is 25.8 Å². The van der Waals surface area contributed by atoms with Crippen LogP contribution in [0.25, 0.3) is 11.0 Å². The fourth-order valence-electron chi connectivity index (χ4n) is 5.03. The molecule has 3 heterocycles. The number of hydrogen-bond donors (Lipinski definition) is 1. The normalized spacial score (nSPS) is 20.3. The number of fused-ring (bicyclic) bond motifs is 1. The van der Waals surface area contributed by atoms with Crippen LogP contribution in [0.5, 0.6) is 0 Å². The standard InChI is InChI=1S/C26H31N5O3/c1-17(32)18-4-7-21(8-5-18)29-10-12-30(13-11-29)24-9-6-19-14-23(26(33)34-3)31(25(19)28-24)22-15-20(16-22)27-2/h4-9,14,20,22,27H,10-13,15-16H2,1-3H3/t20-,22-. The van der Waals surface area contributed by atoms with E-state index in [4.69, 9.17) is 9.72 Å². The number of rotatable bonds is 6. The van der Waals surface area contributed by atoms with E-state index in [0.29, 0.717) is 11.7 Å². The predicted molar refractivity (Wildman–Crippen MR) is 133 cm³/mol. The molecule has 8 heteroatoms. The maximum atomic E-state index is 12.5. The van der Waals surface area contributed by atoms with Gasteiger partial charge < -0.3 is 24.4 Å². The van der Waals surface area contributed by atoms with E-state index in [1.165, 1.54) is 7.11 Å². The molecule has 0 spiro atoms. The van der Waals surface area contributed by atoms with Gasteiger partial charge in [0.2, 0.25) is 0 Å². The van der Waals surface area contributed by atoms with Gasteiger partial charge in [0.25, 0.3) is 0 Å². The summed E-state index contributed by atoms with van der Waals surface area (Å²) in [5.74, 6) is 0.692. The monoisotopic (exact) mass is 461 g/mol. The molecule has 3 aromatic rings. The van der Waals surface area contributed by atoms with Crippen molar-refractivity contribution in [2.45, 2.75) is 31.8 Å². The molecule has 1 aliphatic heterocycles. The van der Waals surface area contributed by atoms with Gasteiger partial charge >= 0.3 is 5.97 Å². The van der Waals surface area contributed by atoms with Crippen LogP contribution in [-0.2, 0) is 4.74 Å². The highest BCUT2D eigenvalue weighted by Gasteiger charge is 2.33. The lowest BCUT2D eigenvalue weighted by atomic mass is 9.86. The van der Waals surface area contributed by atoms with E-state index in [1.54, 1.807) is 6.92 Å². The van der Waals surface area contributed by atoms with Crippen LogP contribution in [0.2, 0.25) is 0 Å². The summed E-state index contributed by atoms with van der Waals surface area (Å²) in [7, 11) is 3.40. The zero-order valence-corrected chi connectivity index (χ0v) is 20.0. The third-order valence-electron chi connectivity index (χ3n) is 7.19. The summed E-state index contributed by atoms with van der Waals surface area (Å²) in [6, 6.07) is 14.5. The maximum Gasteiger partial charge on any atom is 0.354 e. The molecule has 0 unspecified atom stereocenters. The number of ketones is 1. The molecule has 5 rings (SSSR count). The highest BCUT2D eigenvalue weighted by atomic mass is 16.5. The molecule has 178 valence electrons. The van der Waals surface area contributed by atoms with Gasteiger partial charge in [-0.15, -0.1) is 0 Å². The smallest absolute Gasteiger partial charge is 0.354 e. The number of hydrogen-bond acceptors (Lipinski definition) is 7. The van der Waals surface area contributed by atoms with Crippen molar-refractivity contribution in [3.05, 3.63) is 53.7 Å². The lowest BCUT2D eigenvalue weighted by molar-refractivity contribution is 0.0580. The van der Waals surface area contributed by atoms with Gasteiger partial charge in [-0.2, -0.15) is 0 Å². The zero-order chi connectivity index (χ0) is 23.8. The molecule has 1 aliphatic carbocycles. The van der Waals surface area contributed by atoms with Crippen LogP contribution >= 0.6 is 0 Å². The summed E-state index contributed by atoms with van der Waals surface area (Å²) in [5.41, 5.74) is 3.29. The van der Waals surface area contributed by atoms with Crippen LogP contribution in [-0.4, -0.2) is 67.7 Å². The minimum atomic E-state index is -0.322. The minimum absolute atomic E-state index is 0.0846. The van der Waals surface area contributed by atoms with Crippen molar-refractivity contribution in [3.8, 4) is 0 Å². The maximum absolute atomic E-state index is 12.5. The number of carbonyl (C=O) groups excluding carboxylic acids is 2. The van der Waals surface area contributed by atoms with E-state index >= 15 is 0 Å². The van der Waals surface area contributed by atoms with Gasteiger partial charge in [0.05, 0.1) is 7.11 Å². The number of esters is 1. The van der Waals surface area contributed by atoms with E-state index in [0.717, 1.165) is 67.1 Å². The van der Waals surface area contributed by atoms with Crippen LogP contribution in [0, 0.1) is 0 Å². The highest BCUT2D eigenvalue weighted by Crippen LogP contribution is 2.37.